The summed E-state index contributed by atoms with van der Waals surface area (Å²) in [6.07, 6.45) is 7.94. The maximum Gasteiger partial charge on any atom is 0.232 e. The summed E-state index contributed by atoms with van der Waals surface area (Å²) in [4.78, 5) is 14.4. The van der Waals surface area contributed by atoms with Crippen LogP contribution in [0, 0.1) is 13.8 Å². The van der Waals surface area contributed by atoms with Gasteiger partial charge in [-0.2, -0.15) is 0 Å². The Morgan fingerprint density at radius 1 is 1.15 bits per heavy atom. The Bertz CT molecular complexity index is 725. The van der Waals surface area contributed by atoms with Crippen molar-refractivity contribution in [1.82, 2.24) is 4.90 Å². The van der Waals surface area contributed by atoms with Gasteiger partial charge in [0.15, 0.2) is 0 Å². The highest BCUT2D eigenvalue weighted by Crippen LogP contribution is 2.25. The zero-order chi connectivity index (χ0) is 19.3. The van der Waals surface area contributed by atoms with Gasteiger partial charge in [-0.15, -0.1) is 0 Å². The van der Waals surface area contributed by atoms with Crippen molar-refractivity contribution in [3.8, 4) is 0 Å². The summed E-state index contributed by atoms with van der Waals surface area (Å²) in [5.74, 6) is 0.117. The topological polar surface area (TPSA) is 57.7 Å². The maximum absolute atomic E-state index is 12.5. The highest BCUT2D eigenvalue weighted by Gasteiger charge is 2.23. The number of carbonyl (C=O) groups excluding carboxylic acids is 1. The van der Waals surface area contributed by atoms with Gasteiger partial charge in [0.25, 0.3) is 0 Å². The predicted octanol–water partition coefficient (Wildman–Crippen LogP) is 3.64. The lowest BCUT2D eigenvalue weighted by atomic mass is 9.94. The average Bonchev–Trinajstić information content (AvgIpc) is 2.60. The normalized spacial score (nSPS) is 15.7. The van der Waals surface area contributed by atoms with Crippen LogP contribution in [-0.4, -0.2) is 45.1 Å². The second kappa shape index (κ2) is 8.89. The summed E-state index contributed by atoms with van der Waals surface area (Å²) >= 11 is 0. The minimum absolute atomic E-state index is 0.117. The Kier molecular flexibility index (Phi) is 7.09. The van der Waals surface area contributed by atoms with E-state index in [4.69, 9.17) is 0 Å². The molecule has 1 aromatic rings. The summed E-state index contributed by atoms with van der Waals surface area (Å²) in [6.45, 7) is 4.19. The van der Waals surface area contributed by atoms with Gasteiger partial charge in [0, 0.05) is 26.1 Å². The number of benzene rings is 1. The van der Waals surface area contributed by atoms with Crippen LogP contribution in [0.5, 0.6) is 0 Å². The van der Waals surface area contributed by atoms with Gasteiger partial charge in [0.05, 0.1) is 11.9 Å². The molecule has 6 heteroatoms. The largest absolute Gasteiger partial charge is 0.343 e. The summed E-state index contributed by atoms with van der Waals surface area (Å²) in [5.41, 5.74) is 2.65. The number of nitrogens with zero attached hydrogens (tertiary/aromatic N) is 2. The molecule has 1 fully saturated rings. The van der Waals surface area contributed by atoms with Crippen LogP contribution in [0.4, 0.5) is 5.69 Å². The number of aryl methyl sites for hydroxylation is 2. The van der Waals surface area contributed by atoms with Crippen LogP contribution >= 0.6 is 0 Å². The van der Waals surface area contributed by atoms with Crippen LogP contribution < -0.4 is 4.31 Å². The third kappa shape index (κ3) is 5.47. The van der Waals surface area contributed by atoms with E-state index in [9.17, 15) is 13.2 Å². The van der Waals surface area contributed by atoms with E-state index in [-0.39, 0.29) is 5.91 Å². The van der Waals surface area contributed by atoms with Crippen molar-refractivity contribution in [3.63, 3.8) is 0 Å². The van der Waals surface area contributed by atoms with Crippen molar-refractivity contribution in [3.05, 3.63) is 29.3 Å². The Morgan fingerprint density at radius 2 is 1.81 bits per heavy atom. The van der Waals surface area contributed by atoms with Crippen molar-refractivity contribution in [2.45, 2.75) is 64.8 Å². The zero-order valence-electron chi connectivity index (χ0n) is 16.5. The molecule has 0 radical (unpaired) electrons. The van der Waals surface area contributed by atoms with Gasteiger partial charge in [0.2, 0.25) is 15.9 Å². The number of hydrogen-bond donors (Lipinski definition) is 0. The molecule has 0 heterocycles. The van der Waals surface area contributed by atoms with E-state index >= 15 is 0 Å². The summed E-state index contributed by atoms with van der Waals surface area (Å²) < 4.78 is 26.0. The molecule has 26 heavy (non-hydrogen) atoms. The molecule has 0 aliphatic heterocycles. The van der Waals surface area contributed by atoms with Crippen LogP contribution in [0.3, 0.4) is 0 Å². The first kappa shape index (κ1) is 20.7. The third-order valence-electron chi connectivity index (χ3n) is 5.30. The second-order valence-corrected chi connectivity index (χ2v) is 9.43. The van der Waals surface area contributed by atoms with Crippen LogP contribution in [0.2, 0.25) is 0 Å². The summed E-state index contributed by atoms with van der Waals surface area (Å²) in [5, 5.41) is 0. The number of amides is 1. The quantitative estimate of drug-likeness (QED) is 0.726. The monoisotopic (exact) mass is 380 g/mol. The Labute approximate surface area is 158 Å². The van der Waals surface area contributed by atoms with Crippen molar-refractivity contribution < 1.29 is 13.2 Å². The van der Waals surface area contributed by atoms with E-state index in [0.29, 0.717) is 31.1 Å². The van der Waals surface area contributed by atoms with E-state index in [1.807, 2.05) is 44.0 Å². The molecule has 0 unspecified atom stereocenters. The smallest absolute Gasteiger partial charge is 0.232 e. The van der Waals surface area contributed by atoms with Crippen LogP contribution in [0.25, 0.3) is 0 Å². The average molecular weight is 381 g/mol. The standard InChI is InChI=1S/C20H32N2O3S/c1-16-12-13-17(2)19(15-16)22(26(4,24)25)14-8-11-20(23)21(3)18-9-6-5-7-10-18/h12-13,15,18H,5-11,14H2,1-4H3. The molecule has 0 N–H and O–H groups in total. The lowest BCUT2D eigenvalue weighted by molar-refractivity contribution is -0.132. The highest BCUT2D eigenvalue weighted by molar-refractivity contribution is 7.92. The lowest BCUT2D eigenvalue weighted by Crippen LogP contribution is -2.39. The number of rotatable bonds is 7. The number of sulfonamides is 1. The van der Waals surface area contributed by atoms with Crippen LogP contribution in [0.1, 0.15) is 56.1 Å². The van der Waals surface area contributed by atoms with Gasteiger partial charge in [-0.05, 0) is 50.3 Å². The molecule has 0 spiro atoms. The molecule has 146 valence electrons. The van der Waals surface area contributed by atoms with E-state index in [2.05, 4.69) is 0 Å². The van der Waals surface area contributed by atoms with Gasteiger partial charge in [0.1, 0.15) is 0 Å². The van der Waals surface area contributed by atoms with Gasteiger partial charge >= 0.3 is 0 Å². The second-order valence-electron chi connectivity index (χ2n) is 7.53. The highest BCUT2D eigenvalue weighted by atomic mass is 32.2. The molecule has 1 aromatic carbocycles. The first-order chi connectivity index (χ1) is 12.2. The Balaban J connectivity index is 1.99. The molecule has 0 bridgehead atoms. The molecule has 2 rings (SSSR count). The molecule has 1 amide bonds. The summed E-state index contributed by atoms with van der Waals surface area (Å²) in [6, 6.07) is 6.15. The van der Waals surface area contributed by atoms with E-state index in [1.54, 1.807) is 0 Å². The Morgan fingerprint density at radius 3 is 2.42 bits per heavy atom. The zero-order valence-corrected chi connectivity index (χ0v) is 17.3. The first-order valence-electron chi connectivity index (χ1n) is 9.51. The fraction of sp³-hybridized carbons (Fsp3) is 0.650. The number of hydrogen-bond acceptors (Lipinski definition) is 3. The maximum atomic E-state index is 12.5. The SMILES string of the molecule is Cc1ccc(C)c(N(CCCC(=O)N(C)C2CCCCC2)S(C)(=O)=O)c1. The third-order valence-corrected chi connectivity index (χ3v) is 6.48. The first-order valence-corrected chi connectivity index (χ1v) is 11.4. The lowest BCUT2D eigenvalue weighted by Gasteiger charge is -2.31. The van der Waals surface area contributed by atoms with Gasteiger partial charge in [-0.1, -0.05) is 31.4 Å². The van der Waals surface area contributed by atoms with Crippen molar-refractivity contribution >= 4 is 21.6 Å². The molecule has 1 aliphatic carbocycles. The van der Waals surface area contributed by atoms with Crippen LogP contribution in [-0.2, 0) is 14.8 Å². The van der Waals surface area contributed by atoms with Crippen molar-refractivity contribution in [2.75, 3.05) is 24.2 Å². The predicted molar refractivity (Wildman–Crippen MR) is 107 cm³/mol. The fourth-order valence-electron chi connectivity index (χ4n) is 3.68. The molecular weight excluding hydrogens is 348 g/mol. The summed E-state index contributed by atoms with van der Waals surface area (Å²) in [7, 11) is -1.50. The molecule has 0 atom stereocenters. The van der Waals surface area contributed by atoms with E-state index < -0.39 is 10.0 Å². The number of carbonyl (C=O) groups is 1. The minimum Gasteiger partial charge on any atom is -0.343 e. The minimum atomic E-state index is -3.39. The number of anilines is 1. The van der Waals surface area contributed by atoms with E-state index in [1.165, 1.54) is 29.8 Å². The molecule has 0 aromatic heterocycles. The molecule has 1 saturated carbocycles. The fourth-order valence-corrected chi connectivity index (χ4v) is 4.69. The van der Waals surface area contributed by atoms with Crippen molar-refractivity contribution in [2.24, 2.45) is 0 Å². The van der Waals surface area contributed by atoms with Gasteiger partial charge in [-0.25, -0.2) is 8.42 Å². The van der Waals surface area contributed by atoms with Crippen molar-refractivity contribution in [1.29, 1.82) is 0 Å². The molecule has 1 aliphatic rings. The van der Waals surface area contributed by atoms with Crippen LogP contribution in [0.15, 0.2) is 18.2 Å². The van der Waals surface area contributed by atoms with Gasteiger partial charge < -0.3 is 4.90 Å². The molecule has 0 saturated heterocycles. The molecular formula is C20H32N2O3S. The Hall–Kier alpha value is -1.56. The van der Waals surface area contributed by atoms with Gasteiger partial charge in [-0.3, -0.25) is 9.10 Å². The van der Waals surface area contributed by atoms with E-state index in [0.717, 1.165) is 24.0 Å². The molecule has 5 nitrogen and oxygen atoms in total.